The fraction of sp³-hybridized carbons (Fsp3) is 0.0488. The van der Waals surface area contributed by atoms with Crippen LogP contribution >= 0.6 is 0 Å². The van der Waals surface area contributed by atoms with Gasteiger partial charge in [0.25, 0.3) is 0 Å². The molecule has 0 atom stereocenters. The topological polar surface area (TPSA) is 27.0 Å². The molecule has 0 radical (unpaired) electrons. The molecule has 0 aliphatic rings. The molecule has 0 spiro atoms. The summed E-state index contributed by atoms with van der Waals surface area (Å²) in [4.78, 5) is 5.03. The van der Waals surface area contributed by atoms with E-state index in [0.717, 1.165) is 50.0 Å². The number of fused-ring (bicyclic) bond motifs is 2. The van der Waals surface area contributed by atoms with Crippen LogP contribution in [0.5, 0.6) is 0 Å². The van der Waals surface area contributed by atoms with Gasteiger partial charge in [-0.1, -0.05) is 101 Å². The number of aromatic nitrogens is 1. The summed E-state index contributed by atoms with van der Waals surface area (Å²) in [6.07, 6.45) is 0. The van der Waals surface area contributed by atoms with Crippen LogP contribution in [0, 0.1) is 33.8 Å². The van der Waals surface area contributed by atoms with Crippen molar-refractivity contribution in [2.75, 3.05) is 0 Å². The van der Waals surface area contributed by atoms with Crippen LogP contribution in [0.15, 0.2) is 146 Å². The van der Waals surface area contributed by atoms with Gasteiger partial charge in [0.1, 0.15) is 0 Å². The normalized spacial score (nSPS) is 10.0. The van der Waals surface area contributed by atoms with Crippen LogP contribution < -0.4 is 0 Å². The summed E-state index contributed by atoms with van der Waals surface area (Å²) in [5, 5.41) is 8.43. The first-order valence-electron chi connectivity index (χ1n) is 14.3. The van der Waals surface area contributed by atoms with Crippen molar-refractivity contribution < 1.29 is 25.8 Å². The molecule has 0 fully saturated rings. The van der Waals surface area contributed by atoms with Crippen molar-refractivity contribution >= 4 is 33.1 Å². The minimum absolute atomic E-state index is 0. The average Bonchev–Trinajstić information content (AvgIpc) is 3.04. The summed E-state index contributed by atoms with van der Waals surface area (Å²) in [7, 11) is 0. The third kappa shape index (κ3) is 8.27. The third-order valence-corrected chi connectivity index (χ3v) is 7.03. The van der Waals surface area contributed by atoms with E-state index in [-0.39, 0.29) is 25.8 Å². The van der Waals surface area contributed by atoms with Gasteiger partial charge < -0.3 is 5.32 Å². The molecule has 7 rings (SSSR count). The quantitative estimate of drug-likeness (QED) is 0.131. The smallest absolute Gasteiger partial charge is 0.656 e. The van der Waals surface area contributed by atoms with E-state index >= 15 is 0 Å². The first-order chi connectivity index (χ1) is 21.0. The maximum absolute atomic E-state index is 5.03. The van der Waals surface area contributed by atoms with E-state index in [0.29, 0.717) is 0 Å². The molecule has 6 aromatic carbocycles. The zero-order valence-electron chi connectivity index (χ0n) is 25.2. The maximum Gasteiger partial charge on any atom is 4.00 e. The van der Waals surface area contributed by atoms with E-state index in [1.54, 1.807) is 0 Å². The molecular formula is C41H34HfN2. The van der Waals surface area contributed by atoms with E-state index < -0.39 is 0 Å². The SMILES string of the molecule is Cc1cccc(C)c1[N-]c1cccc2ccc(-c3[c-]ccc4ccccc34)nc12.[CH2-]c1ccccc1.[CH2-]c1ccccc1.[Hf+4]. The molecular weight excluding hydrogens is 699 g/mol. The molecule has 0 bridgehead atoms. The number of aryl methyl sites for hydroxylation is 2. The van der Waals surface area contributed by atoms with Crippen molar-refractivity contribution in [3.8, 4) is 11.3 Å². The van der Waals surface area contributed by atoms with E-state index in [1.807, 2.05) is 78.9 Å². The van der Waals surface area contributed by atoms with Gasteiger partial charge in [-0.15, -0.1) is 64.8 Å². The first-order valence-corrected chi connectivity index (χ1v) is 14.3. The molecule has 0 amide bonds. The zero-order valence-corrected chi connectivity index (χ0v) is 28.8. The number of rotatable bonds is 3. The Morgan fingerprint density at radius 3 is 1.75 bits per heavy atom. The number of pyridine rings is 1. The molecule has 0 unspecified atom stereocenters. The molecule has 7 aromatic rings. The number of hydrogen-bond acceptors (Lipinski definition) is 1. The second-order valence-corrected chi connectivity index (χ2v) is 10.3. The van der Waals surface area contributed by atoms with Gasteiger partial charge in [-0.05, 0) is 24.9 Å². The molecule has 0 aliphatic heterocycles. The van der Waals surface area contributed by atoms with Gasteiger partial charge in [0.05, 0.1) is 0 Å². The van der Waals surface area contributed by atoms with Crippen molar-refractivity contribution in [3.63, 3.8) is 0 Å². The molecule has 3 heteroatoms. The second-order valence-electron chi connectivity index (χ2n) is 10.3. The van der Waals surface area contributed by atoms with Gasteiger partial charge in [-0.25, -0.2) is 0 Å². The van der Waals surface area contributed by atoms with Crippen LogP contribution in [0.25, 0.3) is 38.2 Å². The predicted octanol–water partition coefficient (Wildman–Crippen LogP) is 11.5. The Bertz CT molecular complexity index is 1870. The fourth-order valence-corrected chi connectivity index (χ4v) is 4.79. The molecule has 1 aromatic heterocycles. The Labute approximate surface area is 280 Å². The van der Waals surface area contributed by atoms with Crippen LogP contribution in [0.3, 0.4) is 0 Å². The molecule has 0 saturated carbocycles. The number of benzene rings is 6. The standard InChI is InChI=1S/C27H20N2.2C7H7.Hf/c1-18-8-5-9-19(2)26(18)29-25-15-7-12-21-16-17-24(28-27(21)25)23-14-6-11-20-10-3-4-13-22(20)23;2*1-7-5-3-2-4-6-7;/h3-13,15-17H,1-2H3;2*2-6H,1H2;/q-2;2*-1;+4. The minimum atomic E-state index is 0. The largest absolute Gasteiger partial charge is 4.00 e. The van der Waals surface area contributed by atoms with Gasteiger partial charge in [0, 0.05) is 5.52 Å². The maximum atomic E-state index is 5.03. The fourth-order valence-electron chi connectivity index (χ4n) is 4.79. The molecule has 0 N–H and O–H groups in total. The van der Waals surface area contributed by atoms with E-state index in [2.05, 4.69) is 100 Å². The molecule has 0 aliphatic carbocycles. The van der Waals surface area contributed by atoms with Crippen molar-refractivity contribution in [2.24, 2.45) is 0 Å². The summed E-state index contributed by atoms with van der Waals surface area (Å²) < 4.78 is 0. The van der Waals surface area contributed by atoms with Crippen molar-refractivity contribution in [2.45, 2.75) is 13.8 Å². The summed E-state index contributed by atoms with van der Waals surface area (Å²) in [5.41, 5.74) is 9.23. The van der Waals surface area contributed by atoms with E-state index in [1.165, 1.54) is 16.5 Å². The first kappa shape index (κ1) is 32.3. The molecule has 1 heterocycles. The average molecular weight is 733 g/mol. The van der Waals surface area contributed by atoms with Crippen molar-refractivity contribution in [1.29, 1.82) is 0 Å². The summed E-state index contributed by atoms with van der Waals surface area (Å²) >= 11 is 0. The summed E-state index contributed by atoms with van der Waals surface area (Å²) in [6, 6.07) is 52.2. The van der Waals surface area contributed by atoms with Crippen LogP contribution in [0.4, 0.5) is 11.4 Å². The monoisotopic (exact) mass is 734 g/mol. The van der Waals surface area contributed by atoms with Gasteiger partial charge in [-0.2, -0.15) is 49.2 Å². The number of para-hydroxylation sites is 2. The molecule has 212 valence electrons. The molecule has 44 heavy (non-hydrogen) atoms. The summed E-state index contributed by atoms with van der Waals surface area (Å²) in [6.45, 7) is 11.6. The van der Waals surface area contributed by atoms with Crippen LogP contribution in [-0.2, 0) is 25.8 Å². The van der Waals surface area contributed by atoms with Crippen LogP contribution in [0.2, 0.25) is 0 Å². The zero-order chi connectivity index (χ0) is 30.0. The Kier molecular flexibility index (Phi) is 11.6. The Hall–Kier alpha value is -4.60. The van der Waals surface area contributed by atoms with Crippen molar-refractivity contribution in [1.82, 2.24) is 4.98 Å². The number of hydrogen-bond donors (Lipinski definition) is 0. The molecule has 2 nitrogen and oxygen atoms in total. The van der Waals surface area contributed by atoms with Crippen LogP contribution in [0.1, 0.15) is 22.3 Å². The predicted molar refractivity (Wildman–Crippen MR) is 184 cm³/mol. The minimum Gasteiger partial charge on any atom is -0.656 e. The third-order valence-electron chi connectivity index (χ3n) is 7.03. The number of nitrogens with zero attached hydrogens (tertiary/aromatic N) is 2. The molecule has 0 saturated heterocycles. The van der Waals surface area contributed by atoms with Crippen LogP contribution in [-0.4, -0.2) is 4.98 Å². The Balaban J connectivity index is 0.000000242. The van der Waals surface area contributed by atoms with Gasteiger partial charge in [0.2, 0.25) is 0 Å². The summed E-state index contributed by atoms with van der Waals surface area (Å²) in [5.74, 6) is 0. The van der Waals surface area contributed by atoms with Crippen molar-refractivity contribution in [3.05, 3.63) is 193 Å². The second kappa shape index (κ2) is 15.7. The van der Waals surface area contributed by atoms with E-state index in [4.69, 9.17) is 10.3 Å². The Morgan fingerprint density at radius 1 is 0.568 bits per heavy atom. The Morgan fingerprint density at radius 2 is 1.14 bits per heavy atom. The van der Waals surface area contributed by atoms with E-state index in [9.17, 15) is 0 Å². The van der Waals surface area contributed by atoms with Gasteiger partial charge >= 0.3 is 25.8 Å². The van der Waals surface area contributed by atoms with Gasteiger partial charge in [0.15, 0.2) is 0 Å². The van der Waals surface area contributed by atoms with Gasteiger partial charge in [-0.3, -0.25) is 4.98 Å².